The highest BCUT2D eigenvalue weighted by Gasteiger charge is 2.18. The van der Waals surface area contributed by atoms with Gasteiger partial charge in [0.1, 0.15) is 12.1 Å². The van der Waals surface area contributed by atoms with Crippen molar-refractivity contribution in [3.63, 3.8) is 0 Å². The number of hydrogen-bond acceptors (Lipinski definition) is 7. The molecule has 0 spiro atoms. The van der Waals surface area contributed by atoms with Gasteiger partial charge in [0.05, 0.1) is 22.9 Å². The van der Waals surface area contributed by atoms with Crippen molar-refractivity contribution < 1.29 is 9.84 Å². The summed E-state index contributed by atoms with van der Waals surface area (Å²) in [4.78, 5) is 8.16. The molecule has 0 amide bonds. The molecule has 0 aromatic carbocycles. The molecule has 2 atom stereocenters. The SMILES string of the molecule is COC(CO)CC(N)c1csc2c(N)ncnc12. The summed E-state index contributed by atoms with van der Waals surface area (Å²) in [5, 5.41) is 11.0. The fourth-order valence-electron chi connectivity index (χ4n) is 1.81. The van der Waals surface area contributed by atoms with E-state index in [1.807, 2.05) is 5.38 Å². The Morgan fingerprint density at radius 2 is 2.28 bits per heavy atom. The van der Waals surface area contributed by atoms with Crippen molar-refractivity contribution >= 4 is 27.4 Å². The number of nitrogen functional groups attached to an aromatic ring is 1. The lowest BCUT2D eigenvalue weighted by atomic mass is 10.0. The minimum absolute atomic E-state index is 0.0522. The summed E-state index contributed by atoms with van der Waals surface area (Å²) >= 11 is 1.48. The molecule has 6 nitrogen and oxygen atoms in total. The molecule has 0 bridgehead atoms. The van der Waals surface area contributed by atoms with E-state index in [0.717, 1.165) is 15.8 Å². The molecular weight excluding hydrogens is 252 g/mol. The summed E-state index contributed by atoms with van der Waals surface area (Å²) in [6, 6.07) is -0.245. The molecule has 0 aliphatic rings. The van der Waals surface area contributed by atoms with E-state index in [2.05, 4.69) is 9.97 Å². The molecule has 98 valence electrons. The second kappa shape index (κ2) is 5.57. The first-order chi connectivity index (χ1) is 8.67. The predicted molar refractivity (Wildman–Crippen MR) is 71.3 cm³/mol. The van der Waals surface area contributed by atoms with Crippen LogP contribution in [0.1, 0.15) is 18.0 Å². The molecule has 5 N–H and O–H groups in total. The molecule has 2 aromatic rings. The summed E-state index contributed by atoms with van der Waals surface area (Å²) in [7, 11) is 1.56. The lowest BCUT2D eigenvalue weighted by molar-refractivity contribution is 0.0387. The third kappa shape index (κ3) is 2.44. The van der Waals surface area contributed by atoms with E-state index < -0.39 is 0 Å². The van der Waals surface area contributed by atoms with Crippen LogP contribution >= 0.6 is 11.3 Å². The number of rotatable bonds is 5. The Balaban J connectivity index is 2.28. The number of ether oxygens (including phenoxy) is 1. The van der Waals surface area contributed by atoms with Crippen LogP contribution in [-0.4, -0.2) is 34.9 Å². The van der Waals surface area contributed by atoms with Crippen molar-refractivity contribution in [1.29, 1.82) is 0 Å². The fourth-order valence-corrected chi connectivity index (χ4v) is 2.79. The predicted octanol–water partition coefficient (Wildman–Crippen LogP) is 0.671. The van der Waals surface area contributed by atoms with Crippen LogP contribution in [-0.2, 0) is 4.74 Å². The summed E-state index contributed by atoms with van der Waals surface area (Å²) in [6.45, 7) is -0.0522. The Morgan fingerprint density at radius 3 is 2.94 bits per heavy atom. The maximum Gasteiger partial charge on any atom is 0.144 e. The highest BCUT2D eigenvalue weighted by atomic mass is 32.1. The number of anilines is 1. The van der Waals surface area contributed by atoms with Crippen molar-refractivity contribution in [2.24, 2.45) is 5.73 Å². The van der Waals surface area contributed by atoms with Gasteiger partial charge in [-0.05, 0) is 11.8 Å². The number of nitrogens with two attached hydrogens (primary N) is 2. The lowest BCUT2D eigenvalue weighted by Crippen LogP contribution is -2.23. The van der Waals surface area contributed by atoms with Gasteiger partial charge in [0.2, 0.25) is 0 Å². The number of thiophene rings is 1. The lowest BCUT2D eigenvalue weighted by Gasteiger charge is -2.17. The van der Waals surface area contributed by atoms with Crippen molar-refractivity contribution in [3.8, 4) is 0 Å². The molecule has 0 saturated carbocycles. The first kappa shape index (κ1) is 13.2. The van der Waals surface area contributed by atoms with Gasteiger partial charge in [-0.25, -0.2) is 9.97 Å². The van der Waals surface area contributed by atoms with E-state index in [-0.39, 0.29) is 18.8 Å². The van der Waals surface area contributed by atoms with E-state index in [4.69, 9.17) is 21.3 Å². The summed E-state index contributed by atoms with van der Waals surface area (Å²) < 4.78 is 5.97. The van der Waals surface area contributed by atoms with Crippen LogP contribution in [0, 0.1) is 0 Å². The normalized spacial score (nSPS) is 14.8. The third-order valence-electron chi connectivity index (χ3n) is 2.86. The van der Waals surface area contributed by atoms with Gasteiger partial charge in [0.15, 0.2) is 0 Å². The van der Waals surface area contributed by atoms with Crippen LogP contribution in [0.5, 0.6) is 0 Å². The number of fused-ring (bicyclic) bond motifs is 1. The zero-order chi connectivity index (χ0) is 13.1. The number of methoxy groups -OCH3 is 1. The first-order valence-electron chi connectivity index (χ1n) is 5.54. The molecule has 2 aromatic heterocycles. The van der Waals surface area contributed by atoms with Gasteiger partial charge in [-0.1, -0.05) is 0 Å². The van der Waals surface area contributed by atoms with Crippen molar-refractivity contribution in [3.05, 3.63) is 17.3 Å². The minimum atomic E-state index is -0.269. The maximum absolute atomic E-state index is 9.11. The zero-order valence-electron chi connectivity index (χ0n) is 10.0. The monoisotopic (exact) mass is 268 g/mol. The van der Waals surface area contributed by atoms with E-state index >= 15 is 0 Å². The number of aliphatic hydroxyl groups excluding tert-OH is 1. The van der Waals surface area contributed by atoms with Gasteiger partial charge in [0.25, 0.3) is 0 Å². The summed E-state index contributed by atoms with van der Waals surface area (Å²) in [5.74, 6) is 0.467. The second-order valence-electron chi connectivity index (χ2n) is 4.01. The highest BCUT2D eigenvalue weighted by Crippen LogP contribution is 2.32. The Morgan fingerprint density at radius 1 is 1.50 bits per heavy atom. The number of aromatic nitrogens is 2. The van der Waals surface area contributed by atoms with Gasteiger partial charge >= 0.3 is 0 Å². The Labute approximate surface area is 109 Å². The van der Waals surface area contributed by atoms with Gasteiger partial charge in [-0.2, -0.15) is 0 Å². The van der Waals surface area contributed by atoms with Gasteiger partial charge in [-0.3, -0.25) is 0 Å². The molecule has 18 heavy (non-hydrogen) atoms. The van der Waals surface area contributed by atoms with Gasteiger partial charge in [0, 0.05) is 18.7 Å². The van der Waals surface area contributed by atoms with Crippen molar-refractivity contribution in [2.45, 2.75) is 18.6 Å². The average Bonchev–Trinajstić information content (AvgIpc) is 2.81. The molecule has 2 rings (SSSR count). The molecule has 0 fully saturated rings. The number of aliphatic hydroxyl groups is 1. The molecule has 2 unspecified atom stereocenters. The Bertz CT molecular complexity index is 527. The van der Waals surface area contributed by atoms with E-state index in [1.165, 1.54) is 17.7 Å². The molecule has 2 heterocycles. The van der Waals surface area contributed by atoms with Crippen LogP contribution in [0.2, 0.25) is 0 Å². The Hall–Kier alpha value is -1.28. The van der Waals surface area contributed by atoms with Crippen LogP contribution in [0.25, 0.3) is 10.2 Å². The van der Waals surface area contributed by atoms with Gasteiger partial charge in [-0.15, -0.1) is 11.3 Å². The standard InChI is InChI=1S/C11H16N4O2S/c1-17-6(3-16)2-8(12)7-4-18-10-9(7)14-5-15-11(10)13/h4-6,8,16H,2-3,12H2,1H3,(H2,13,14,15). The summed E-state index contributed by atoms with van der Waals surface area (Å²) in [5.41, 5.74) is 13.6. The number of hydrogen-bond donors (Lipinski definition) is 3. The largest absolute Gasteiger partial charge is 0.394 e. The van der Waals surface area contributed by atoms with E-state index in [1.54, 1.807) is 7.11 Å². The third-order valence-corrected chi connectivity index (χ3v) is 3.87. The van der Waals surface area contributed by atoms with Crippen LogP contribution in [0.3, 0.4) is 0 Å². The highest BCUT2D eigenvalue weighted by molar-refractivity contribution is 7.17. The van der Waals surface area contributed by atoms with Crippen LogP contribution in [0.15, 0.2) is 11.7 Å². The molecule has 0 radical (unpaired) electrons. The van der Waals surface area contributed by atoms with E-state index in [9.17, 15) is 0 Å². The summed E-state index contributed by atoms with van der Waals surface area (Å²) in [6.07, 6.45) is 1.69. The van der Waals surface area contributed by atoms with Gasteiger partial charge < -0.3 is 21.3 Å². The molecule has 7 heteroatoms. The Kier molecular flexibility index (Phi) is 4.07. The maximum atomic E-state index is 9.11. The molecule has 0 aliphatic heterocycles. The quantitative estimate of drug-likeness (QED) is 0.735. The molecule has 0 aliphatic carbocycles. The van der Waals surface area contributed by atoms with Crippen molar-refractivity contribution in [2.75, 3.05) is 19.5 Å². The van der Waals surface area contributed by atoms with Crippen LogP contribution < -0.4 is 11.5 Å². The fraction of sp³-hybridized carbons (Fsp3) is 0.455. The molecule has 0 saturated heterocycles. The number of nitrogens with zero attached hydrogens (tertiary/aromatic N) is 2. The first-order valence-corrected chi connectivity index (χ1v) is 6.42. The average molecular weight is 268 g/mol. The van der Waals surface area contributed by atoms with Crippen molar-refractivity contribution in [1.82, 2.24) is 9.97 Å². The second-order valence-corrected chi connectivity index (χ2v) is 4.89. The molecular formula is C11H16N4O2S. The zero-order valence-corrected chi connectivity index (χ0v) is 10.9. The topological polar surface area (TPSA) is 107 Å². The minimum Gasteiger partial charge on any atom is -0.394 e. The van der Waals surface area contributed by atoms with E-state index in [0.29, 0.717) is 12.2 Å². The van der Waals surface area contributed by atoms with Crippen LogP contribution in [0.4, 0.5) is 5.82 Å². The smallest absolute Gasteiger partial charge is 0.144 e.